The van der Waals surface area contributed by atoms with Gasteiger partial charge < -0.3 is 9.92 Å². The van der Waals surface area contributed by atoms with Crippen LogP contribution in [0.15, 0.2) is 48.5 Å². The summed E-state index contributed by atoms with van der Waals surface area (Å²) in [7, 11) is -4.41. The van der Waals surface area contributed by atoms with Gasteiger partial charge in [0.05, 0.1) is 5.69 Å². The maximum absolute atomic E-state index is 12.6. The topological polar surface area (TPSA) is 156 Å². The van der Waals surface area contributed by atoms with Gasteiger partial charge in [0.1, 0.15) is 0 Å². The largest absolute Gasteiger partial charge is 0.396 e. The lowest BCUT2D eigenvalue weighted by molar-refractivity contribution is -0.480. The first-order chi connectivity index (χ1) is 12.7. The lowest BCUT2D eigenvalue weighted by atomic mass is 10.1. The third-order valence-corrected chi connectivity index (χ3v) is 5.25. The number of anilines is 1. The number of hydrogen-bond donors (Lipinski definition) is 1. The van der Waals surface area contributed by atoms with E-state index in [-0.39, 0.29) is 30.0 Å². The summed E-state index contributed by atoms with van der Waals surface area (Å²) in [5.74, 6) is -0.117. The lowest BCUT2D eigenvalue weighted by Gasteiger charge is -2.16. The molecule has 0 bridgehead atoms. The Morgan fingerprint density at radius 2 is 1.63 bits per heavy atom. The highest BCUT2D eigenvalue weighted by Crippen LogP contribution is 2.29. The number of benzene rings is 2. The van der Waals surface area contributed by atoms with E-state index in [1.165, 1.54) is 42.5 Å². The number of para-hydroxylation sites is 2. The van der Waals surface area contributed by atoms with E-state index in [0.29, 0.717) is 5.56 Å². The van der Waals surface area contributed by atoms with Crippen LogP contribution in [0.3, 0.4) is 0 Å². The van der Waals surface area contributed by atoms with Crippen molar-refractivity contribution in [2.75, 3.05) is 18.8 Å². The molecule has 10 nitrogen and oxygen atoms in total. The normalized spacial score (nSPS) is 12.3. The summed E-state index contributed by atoms with van der Waals surface area (Å²) in [6.07, 6.45) is 0.164. The summed E-state index contributed by atoms with van der Waals surface area (Å²) < 4.78 is 30.2. The molecule has 27 heavy (non-hydrogen) atoms. The minimum absolute atomic E-state index is 0.0797. The third-order valence-electron chi connectivity index (χ3n) is 3.72. The van der Waals surface area contributed by atoms with E-state index in [9.17, 15) is 28.6 Å². The average molecular weight is 395 g/mol. The van der Waals surface area contributed by atoms with Gasteiger partial charge in [0.25, 0.3) is 0 Å². The predicted octanol–water partition coefficient (Wildman–Crippen LogP) is 1.81. The summed E-state index contributed by atoms with van der Waals surface area (Å²) in [5, 5.41) is 19.8. The summed E-state index contributed by atoms with van der Waals surface area (Å²) in [5.41, 5.74) is 6.50. The summed E-state index contributed by atoms with van der Waals surface area (Å²) in [6, 6.07) is 11.7. The molecule has 11 heteroatoms. The van der Waals surface area contributed by atoms with Crippen molar-refractivity contribution in [2.45, 2.75) is 11.7 Å². The molecule has 2 aromatic rings. The Balaban J connectivity index is 2.29. The van der Waals surface area contributed by atoms with Crippen LogP contribution in [0.1, 0.15) is 16.4 Å². The fraction of sp³-hybridized carbons (Fsp3) is 0.250. The molecule has 0 amide bonds. The number of hydrogen-bond acceptors (Lipinski definition) is 8. The number of nitrogens with zero attached hydrogens (tertiary/aromatic N) is 2. The second-order valence-electron chi connectivity index (χ2n) is 5.67. The van der Waals surface area contributed by atoms with Crippen LogP contribution in [0.5, 0.6) is 5.75 Å². The van der Waals surface area contributed by atoms with Crippen molar-refractivity contribution in [3.8, 4) is 5.75 Å². The van der Waals surface area contributed by atoms with Gasteiger partial charge in [0.2, 0.25) is 13.1 Å². The summed E-state index contributed by atoms with van der Waals surface area (Å²) in [6.45, 7) is -1.17. The molecule has 0 fully saturated rings. The van der Waals surface area contributed by atoms with Crippen LogP contribution in [-0.4, -0.2) is 31.4 Å². The van der Waals surface area contributed by atoms with Gasteiger partial charge in [-0.1, -0.05) is 36.4 Å². The molecule has 0 heterocycles. The zero-order chi connectivity index (χ0) is 20.0. The lowest BCUT2D eigenvalue weighted by Crippen LogP contribution is -2.26. The molecule has 2 N–H and O–H groups in total. The first-order valence-corrected chi connectivity index (χ1v) is 9.26. The van der Waals surface area contributed by atoms with Crippen molar-refractivity contribution in [2.24, 2.45) is 0 Å². The van der Waals surface area contributed by atoms with E-state index in [2.05, 4.69) is 0 Å². The highest BCUT2D eigenvalue weighted by atomic mass is 32.2. The van der Waals surface area contributed by atoms with Crippen LogP contribution in [0.25, 0.3) is 0 Å². The molecule has 0 aromatic heterocycles. The van der Waals surface area contributed by atoms with Gasteiger partial charge in [-0.05, 0) is 23.3 Å². The molecule has 0 saturated carbocycles. The minimum atomic E-state index is -4.41. The SMILES string of the molecule is Nc1ccccc1OS(=O)(=O)C(C[N+](=O)[O-])c1ccc(CC[N+](=O)[O-])cc1. The Hall–Kier alpha value is -3.21. The molecule has 0 aliphatic heterocycles. The predicted molar refractivity (Wildman–Crippen MR) is 97.0 cm³/mol. The second kappa shape index (κ2) is 8.45. The Bertz CT molecular complexity index is 929. The fourth-order valence-electron chi connectivity index (χ4n) is 2.36. The van der Waals surface area contributed by atoms with Crippen molar-refractivity contribution < 1.29 is 22.4 Å². The van der Waals surface area contributed by atoms with Crippen LogP contribution in [-0.2, 0) is 16.5 Å². The van der Waals surface area contributed by atoms with Crippen molar-refractivity contribution >= 4 is 15.8 Å². The van der Waals surface area contributed by atoms with E-state index in [4.69, 9.17) is 9.92 Å². The highest BCUT2D eigenvalue weighted by Gasteiger charge is 2.34. The molecular weight excluding hydrogens is 378 g/mol. The van der Waals surface area contributed by atoms with Gasteiger partial charge in [-0.2, -0.15) is 8.42 Å². The van der Waals surface area contributed by atoms with Crippen LogP contribution in [0.2, 0.25) is 0 Å². The molecule has 0 aliphatic carbocycles. The number of nitrogens with two attached hydrogens (primary N) is 1. The molecule has 0 spiro atoms. The van der Waals surface area contributed by atoms with Gasteiger partial charge in [0.15, 0.2) is 11.0 Å². The van der Waals surface area contributed by atoms with E-state index in [0.717, 1.165) is 0 Å². The van der Waals surface area contributed by atoms with Crippen LogP contribution >= 0.6 is 0 Å². The van der Waals surface area contributed by atoms with Crippen molar-refractivity contribution in [3.05, 3.63) is 79.9 Å². The molecular formula is C16H17N3O7S. The summed E-state index contributed by atoms with van der Waals surface area (Å²) in [4.78, 5) is 20.2. The Kier molecular flexibility index (Phi) is 6.29. The molecule has 1 unspecified atom stereocenters. The van der Waals surface area contributed by atoms with Gasteiger partial charge in [0, 0.05) is 16.3 Å². The zero-order valence-electron chi connectivity index (χ0n) is 14.1. The van der Waals surface area contributed by atoms with Gasteiger partial charge in [-0.25, -0.2) is 0 Å². The molecule has 0 radical (unpaired) electrons. The molecule has 144 valence electrons. The van der Waals surface area contributed by atoms with Crippen LogP contribution < -0.4 is 9.92 Å². The van der Waals surface area contributed by atoms with Crippen molar-refractivity contribution in [1.29, 1.82) is 0 Å². The van der Waals surface area contributed by atoms with Crippen molar-refractivity contribution in [3.63, 3.8) is 0 Å². The minimum Gasteiger partial charge on any atom is -0.396 e. The molecule has 2 rings (SSSR count). The fourth-order valence-corrected chi connectivity index (χ4v) is 3.67. The second-order valence-corrected chi connectivity index (χ2v) is 7.39. The van der Waals surface area contributed by atoms with E-state index in [1.54, 1.807) is 6.07 Å². The van der Waals surface area contributed by atoms with Gasteiger partial charge >= 0.3 is 10.1 Å². The van der Waals surface area contributed by atoms with E-state index in [1.807, 2.05) is 0 Å². The maximum atomic E-state index is 12.6. The van der Waals surface area contributed by atoms with Gasteiger partial charge in [-0.3, -0.25) is 20.2 Å². The number of rotatable bonds is 9. The van der Waals surface area contributed by atoms with Gasteiger partial charge in [-0.15, -0.1) is 0 Å². The molecule has 1 atom stereocenters. The maximum Gasteiger partial charge on any atom is 0.323 e. The molecule has 0 saturated heterocycles. The highest BCUT2D eigenvalue weighted by molar-refractivity contribution is 7.87. The van der Waals surface area contributed by atoms with Crippen LogP contribution in [0, 0.1) is 20.2 Å². The third kappa shape index (κ3) is 5.64. The van der Waals surface area contributed by atoms with Crippen molar-refractivity contribution in [1.82, 2.24) is 0 Å². The van der Waals surface area contributed by atoms with Crippen LogP contribution in [0.4, 0.5) is 5.69 Å². The Morgan fingerprint density at radius 1 is 1.00 bits per heavy atom. The smallest absolute Gasteiger partial charge is 0.323 e. The Morgan fingerprint density at radius 3 is 2.19 bits per heavy atom. The average Bonchev–Trinajstić information content (AvgIpc) is 2.60. The summed E-state index contributed by atoms with van der Waals surface area (Å²) >= 11 is 0. The first kappa shape index (κ1) is 20.1. The monoisotopic (exact) mass is 395 g/mol. The zero-order valence-corrected chi connectivity index (χ0v) is 14.9. The first-order valence-electron chi connectivity index (χ1n) is 7.79. The number of nitro groups is 2. The quantitative estimate of drug-likeness (QED) is 0.291. The standard InChI is InChI=1S/C16H17N3O7S/c17-14-3-1-2-4-15(14)26-27(24,25)16(11-19(22)23)13-7-5-12(6-8-13)9-10-18(20)21/h1-8,16H,9-11,17H2. The molecule has 0 aliphatic rings. The van der Waals surface area contributed by atoms with E-state index < -0.39 is 31.8 Å². The molecule has 2 aromatic carbocycles. The Labute approximate surface area is 155 Å². The van der Waals surface area contributed by atoms with E-state index >= 15 is 0 Å². The number of nitrogen functional groups attached to an aromatic ring is 1.